The number of anilines is 1. The van der Waals surface area contributed by atoms with E-state index in [1.807, 2.05) is 65.6 Å². The first kappa shape index (κ1) is 14.0. The summed E-state index contributed by atoms with van der Waals surface area (Å²) in [6.45, 7) is 0.607. The van der Waals surface area contributed by atoms with Gasteiger partial charge in [-0.25, -0.2) is 4.68 Å². The molecule has 3 nitrogen and oxygen atoms in total. The van der Waals surface area contributed by atoms with Gasteiger partial charge in [-0.2, -0.15) is 5.10 Å². The molecule has 0 aliphatic rings. The SMILES string of the molecule is Clc1cccc(Cl)c1NCc1cnn(-c2ccccc2)c1. The van der Waals surface area contributed by atoms with Crippen molar-refractivity contribution < 1.29 is 0 Å². The lowest BCUT2D eigenvalue weighted by atomic mass is 10.3. The van der Waals surface area contributed by atoms with Gasteiger partial charge in [0.05, 0.1) is 27.6 Å². The monoisotopic (exact) mass is 317 g/mol. The van der Waals surface area contributed by atoms with Gasteiger partial charge in [0.2, 0.25) is 0 Å². The summed E-state index contributed by atoms with van der Waals surface area (Å²) in [5.74, 6) is 0. The summed E-state index contributed by atoms with van der Waals surface area (Å²) in [5.41, 5.74) is 2.82. The van der Waals surface area contributed by atoms with Gasteiger partial charge in [-0.05, 0) is 24.3 Å². The van der Waals surface area contributed by atoms with Gasteiger partial charge in [-0.15, -0.1) is 0 Å². The quantitative estimate of drug-likeness (QED) is 0.749. The third-order valence-corrected chi connectivity index (χ3v) is 3.72. The lowest BCUT2D eigenvalue weighted by molar-refractivity contribution is 0.880. The Hall–Kier alpha value is -1.97. The highest BCUT2D eigenvalue weighted by Crippen LogP contribution is 2.30. The van der Waals surface area contributed by atoms with Gasteiger partial charge in [-0.3, -0.25) is 0 Å². The van der Waals surface area contributed by atoms with Crippen molar-refractivity contribution in [3.8, 4) is 5.69 Å². The number of hydrogen-bond acceptors (Lipinski definition) is 2. The maximum atomic E-state index is 6.13. The molecule has 1 heterocycles. The number of para-hydroxylation sites is 2. The number of nitrogens with zero attached hydrogens (tertiary/aromatic N) is 2. The van der Waals surface area contributed by atoms with Crippen LogP contribution in [0, 0.1) is 0 Å². The number of nitrogens with one attached hydrogen (secondary N) is 1. The summed E-state index contributed by atoms with van der Waals surface area (Å²) in [6, 6.07) is 15.4. The Morgan fingerprint density at radius 2 is 1.67 bits per heavy atom. The summed E-state index contributed by atoms with van der Waals surface area (Å²) in [5, 5.41) is 8.82. The fraction of sp³-hybridized carbons (Fsp3) is 0.0625. The predicted molar refractivity (Wildman–Crippen MR) is 87.4 cm³/mol. The van der Waals surface area contributed by atoms with Crippen molar-refractivity contribution in [1.82, 2.24) is 9.78 Å². The minimum atomic E-state index is 0.607. The van der Waals surface area contributed by atoms with Crippen LogP contribution >= 0.6 is 23.2 Å². The van der Waals surface area contributed by atoms with E-state index in [2.05, 4.69) is 10.4 Å². The molecule has 106 valence electrons. The second-order valence-corrected chi connectivity index (χ2v) is 5.39. The van der Waals surface area contributed by atoms with E-state index in [4.69, 9.17) is 23.2 Å². The Bertz CT molecular complexity index is 718. The minimum Gasteiger partial charge on any atom is -0.378 e. The van der Waals surface area contributed by atoms with Gasteiger partial charge in [-0.1, -0.05) is 47.5 Å². The Kier molecular flexibility index (Phi) is 4.13. The molecule has 0 bridgehead atoms. The normalized spacial score (nSPS) is 10.6. The lowest BCUT2D eigenvalue weighted by Crippen LogP contribution is -2.00. The summed E-state index contributed by atoms with van der Waals surface area (Å²) in [6.07, 6.45) is 3.80. The van der Waals surface area contributed by atoms with E-state index >= 15 is 0 Å². The molecular weight excluding hydrogens is 305 g/mol. The Balaban J connectivity index is 1.74. The van der Waals surface area contributed by atoms with Crippen LogP contribution in [0.3, 0.4) is 0 Å². The molecule has 0 radical (unpaired) electrons. The van der Waals surface area contributed by atoms with E-state index in [0.29, 0.717) is 16.6 Å². The van der Waals surface area contributed by atoms with Gasteiger partial charge in [0, 0.05) is 18.3 Å². The molecule has 0 atom stereocenters. The van der Waals surface area contributed by atoms with Crippen LogP contribution in [0.2, 0.25) is 10.0 Å². The molecular formula is C16H13Cl2N3. The second kappa shape index (κ2) is 6.20. The minimum absolute atomic E-state index is 0.607. The smallest absolute Gasteiger partial charge is 0.0721 e. The van der Waals surface area contributed by atoms with Crippen LogP contribution in [0.4, 0.5) is 5.69 Å². The molecule has 5 heteroatoms. The molecule has 0 amide bonds. The van der Waals surface area contributed by atoms with E-state index in [1.54, 1.807) is 0 Å². The van der Waals surface area contributed by atoms with Crippen molar-refractivity contribution in [2.45, 2.75) is 6.54 Å². The molecule has 0 fully saturated rings. The Labute approximate surface area is 133 Å². The Morgan fingerprint density at radius 1 is 0.952 bits per heavy atom. The average Bonchev–Trinajstić information content (AvgIpc) is 2.97. The third-order valence-electron chi connectivity index (χ3n) is 3.09. The molecule has 0 saturated heterocycles. The van der Waals surface area contributed by atoms with Crippen LogP contribution in [0.1, 0.15) is 5.56 Å². The van der Waals surface area contributed by atoms with Crippen molar-refractivity contribution >= 4 is 28.9 Å². The summed E-state index contributed by atoms with van der Waals surface area (Å²) in [7, 11) is 0. The highest BCUT2D eigenvalue weighted by atomic mass is 35.5. The molecule has 3 rings (SSSR count). The highest BCUT2D eigenvalue weighted by Gasteiger charge is 2.06. The molecule has 0 spiro atoms. The van der Waals surface area contributed by atoms with Gasteiger partial charge in [0.25, 0.3) is 0 Å². The molecule has 0 unspecified atom stereocenters. The molecule has 1 aromatic heterocycles. The zero-order valence-electron chi connectivity index (χ0n) is 11.1. The highest BCUT2D eigenvalue weighted by molar-refractivity contribution is 6.39. The lowest BCUT2D eigenvalue weighted by Gasteiger charge is -2.08. The standard InChI is InChI=1S/C16H13Cl2N3/c17-14-7-4-8-15(18)16(14)19-9-12-10-20-21(11-12)13-5-2-1-3-6-13/h1-8,10-11,19H,9H2. The van der Waals surface area contributed by atoms with E-state index < -0.39 is 0 Å². The molecule has 3 aromatic rings. The average molecular weight is 318 g/mol. The van der Waals surface area contributed by atoms with Crippen molar-refractivity contribution in [1.29, 1.82) is 0 Å². The first-order valence-corrected chi connectivity index (χ1v) is 7.26. The fourth-order valence-corrected chi connectivity index (χ4v) is 2.56. The number of aromatic nitrogens is 2. The zero-order chi connectivity index (χ0) is 14.7. The van der Waals surface area contributed by atoms with Gasteiger partial charge in [0.15, 0.2) is 0 Å². The van der Waals surface area contributed by atoms with Gasteiger partial charge >= 0.3 is 0 Å². The summed E-state index contributed by atoms with van der Waals surface area (Å²) >= 11 is 12.3. The topological polar surface area (TPSA) is 29.9 Å². The largest absolute Gasteiger partial charge is 0.378 e. The van der Waals surface area contributed by atoms with Crippen molar-refractivity contribution in [2.75, 3.05) is 5.32 Å². The third kappa shape index (κ3) is 3.20. The maximum Gasteiger partial charge on any atom is 0.0721 e. The summed E-state index contributed by atoms with van der Waals surface area (Å²) in [4.78, 5) is 0. The van der Waals surface area contributed by atoms with Crippen LogP contribution in [-0.2, 0) is 6.54 Å². The van der Waals surface area contributed by atoms with Crippen LogP contribution in [-0.4, -0.2) is 9.78 Å². The van der Waals surface area contributed by atoms with Crippen molar-refractivity contribution in [2.24, 2.45) is 0 Å². The van der Waals surface area contributed by atoms with Crippen LogP contribution in [0.15, 0.2) is 60.9 Å². The first-order valence-electron chi connectivity index (χ1n) is 6.51. The number of rotatable bonds is 4. The summed E-state index contributed by atoms with van der Waals surface area (Å²) < 4.78 is 1.84. The number of benzene rings is 2. The van der Waals surface area contributed by atoms with Crippen LogP contribution < -0.4 is 5.32 Å². The van der Waals surface area contributed by atoms with Gasteiger partial charge in [0.1, 0.15) is 0 Å². The molecule has 21 heavy (non-hydrogen) atoms. The second-order valence-electron chi connectivity index (χ2n) is 4.58. The van der Waals surface area contributed by atoms with E-state index in [9.17, 15) is 0 Å². The maximum absolute atomic E-state index is 6.13. The fourth-order valence-electron chi connectivity index (χ4n) is 2.03. The van der Waals surface area contributed by atoms with E-state index in [-0.39, 0.29) is 0 Å². The number of halogens is 2. The molecule has 0 aliphatic heterocycles. The molecule has 2 aromatic carbocycles. The molecule has 0 saturated carbocycles. The van der Waals surface area contributed by atoms with Crippen molar-refractivity contribution in [3.05, 3.63) is 76.5 Å². The van der Waals surface area contributed by atoms with Crippen molar-refractivity contribution in [3.63, 3.8) is 0 Å². The molecule has 0 aliphatic carbocycles. The van der Waals surface area contributed by atoms with E-state index in [0.717, 1.165) is 16.9 Å². The van der Waals surface area contributed by atoms with Crippen LogP contribution in [0.25, 0.3) is 5.69 Å². The van der Waals surface area contributed by atoms with Gasteiger partial charge < -0.3 is 5.32 Å². The zero-order valence-corrected chi connectivity index (χ0v) is 12.6. The van der Waals surface area contributed by atoms with Crippen LogP contribution in [0.5, 0.6) is 0 Å². The number of hydrogen-bond donors (Lipinski definition) is 1. The Morgan fingerprint density at radius 3 is 2.38 bits per heavy atom. The van der Waals surface area contributed by atoms with E-state index in [1.165, 1.54) is 0 Å². The predicted octanol–water partition coefficient (Wildman–Crippen LogP) is 4.79. The molecule has 1 N–H and O–H groups in total. The first-order chi connectivity index (χ1) is 10.2.